The Morgan fingerprint density at radius 2 is 2.10 bits per heavy atom. The first-order valence-electron chi connectivity index (χ1n) is 3.48. The minimum absolute atomic E-state index is 0.138. The fraction of sp³-hybridized carbons (Fsp3) is 0.625. The van der Waals surface area contributed by atoms with Gasteiger partial charge in [-0.2, -0.15) is 0 Å². The maximum atomic E-state index is 12.1. The Morgan fingerprint density at radius 3 is 2.50 bits per heavy atom. The molecular weight excluding hydrogens is 129 g/mol. The predicted molar refractivity (Wildman–Crippen MR) is 42.3 cm³/mol. The largest absolute Gasteiger partial charge is 0.313 e. The van der Waals surface area contributed by atoms with E-state index in [4.69, 9.17) is 5.41 Å². The highest BCUT2D eigenvalue weighted by Crippen LogP contribution is 1.99. The number of hydrogen-bond donors (Lipinski definition) is 1. The van der Waals surface area contributed by atoms with Crippen LogP contribution in [0.15, 0.2) is 12.2 Å². The van der Waals surface area contributed by atoms with Crippen LogP contribution in [0.4, 0.5) is 4.39 Å². The molecule has 0 aromatic rings. The molecule has 0 spiro atoms. The highest BCUT2D eigenvalue weighted by Gasteiger charge is 1.92. The van der Waals surface area contributed by atoms with E-state index in [0.29, 0.717) is 6.42 Å². The summed E-state index contributed by atoms with van der Waals surface area (Å²) in [5.74, 6) is 0.138. The normalized spacial score (nSPS) is 17.1. The molecule has 58 valence electrons. The van der Waals surface area contributed by atoms with Crippen LogP contribution in [0.25, 0.3) is 0 Å². The molecule has 2 unspecified atom stereocenters. The monoisotopic (exact) mass is 143 g/mol. The molecule has 0 rings (SSSR count). The summed E-state index contributed by atoms with van der Waals surface area (Å²) in [6, 6.07) is 0. The Hall–Kier alpha value is -0.660. The molecule has 0 radical (unpaired) electrons. The van der Waals surface area contributed by atoms with Crippen LogP contribution < -0.4 is 0 Å². The van der Waals surface area contributed by atoms with Crippen molar-refractivity contribution in [1.82, 2.24) is 0 Å². The van der Waals surface area contributed by atoms with Gasteiger partial charge < -0.3 is 5.41 Å². The Kier molecular flexibility index (Phi) is 4.81. The predicted octanol–water partition coefficient (Wildman–Crippen LogP) is 2.58. The summed E-state index contributed by atoms with van der Waals surface area (Å²) in [7, 11) is 0. The number of alkyl halides is 1. The van der Waals surface area contributed by atoms with E-state index in [1.54, 1.807) is 6.08 Å². The van der Waals surface area contributed by atoms with E-state index in [2.05, 4.69) is 0 Å². The van der Waals surface area contributed by atoms with Crippen LogP contribution in [0.1, 0.15) is 20.3 Å². The van der Waals surface area contributed by atoms with E-state index in [1.807, 2.05) is 13.0 Å². The second-order valence-corrected chi connectivity index (χ2v) is 2.47. The van der Waals surface area contributed by atoms with Crippen molar-refractivity contribution in [2.24, 2.45) is 5.92 Å². The van der Waals surface area contributed by atoms with E-state index in [1.165, 1.54) is 13.1 Å². The number of hydrogen-bond acceptors (Lipinski definition) is 1. The average molecular weight is 143 g/mol. The molecule has 1 N–H and O–H groups in total. The van der Waals surface area contributed by atoms with Gasteiger partial charge in [-0.25, -0.2) is 4.39 Å². The lowest BCUT2D eigenvalue weighted by atomic mass is 10.1. The van der Waals surface area contributed by atoms with Gasteiger partial charge in [0.25, 0.3) is 0 Å². The van der Waals surface area contributed by atoms with Crippen molar-refractivity contribution >= 4 is 6.21 Å². The third-order valence-electron chi connectivity index (χ3n) is 1.16. The molecule has 0 aliphatic heterocycles. The van der Waals surface area contributed by atoms with Crippen molar-refractivity contribution in [3.05, 3.63) is 12.2 Å². The lowest BCUT2D eigenvalue weighted by Crippen LogP contribution is -1.91. The van der Waals surface area contributed by atoms with Crippen molar-refractivity contribution in [2.45, 2.75) is 26.4 Å². The molecule has 0 heterocycles. The van der Waals surface area contributed by atoms with Crippen LogP contribution in [0, 0.1) is 11.3 Å². The molecule has 0 saturated carbocycles. The van der Waals surface area contributed by atoms with Gasteiger partial charge in [0.1, 0.15) is 6.17 Å². The fourth-order valence-electron chi connectivity index (χ4n) is 0.536. The van der Waals surface area contributed by atoms with Gasteiger partial charge in [-0.15, -0.1) is 0 Å². The minimum Gasteiger partial charge on any atom is -0.313 e. The summed E-state index contributed by atoms with van der Waals surface area (Å²) in [4.78, 5) is 0. The molecule has 0 aliphatic rings. The zero-order valence-electron chi connectivity index (χ0n) is 6.47. The van der Waals surface area contributed by atoms with E-state index >= 15 is 0 Å². The highest BCUT2D eigenvalue weighted by molar-refractivity contribution is 5.58. The van der Waals surface area contributed by atoms with Crippen LogP contribution in [0.2, 0.25) is 0 Å². The molecule has 0 aromatic heterocycles. The number of allylic oxidation sites excluding steroid dienone is 2. The van der Waals surface area contributed by atoms with Gasteiger partial charge in [0.2, 0.25) is 0 Å². The van der Waals surface area contributed by atoms with Gasteiger partial charge >= 0.3 is 0 Å². The Morgan fingerprint density at radius 1 is 1.50 bits per heavy atom. The zero-order valence-corrected chi connectivity index (χ0v) is 6.47. The fourth-order valence-corrected chi connectivity index (χ4v) is 0.536. The summed E-state index contributed by atoms with van der Waals surface area (Å²) in [5, 5.41) is 6.82. The average Bonchev–Trinajstić information content (AvgIpc) is 1.87. The molecule has 0 bridgehead atoms. The summed E-state index contributed by atoms with van der Waals surface area (Å²) in [6.45, 7) is 3.42. The second-order valence-electron chi connectivity index (χ2n) is 2.47. The SMILES string of the molecule is CC(C=N)/C=C\CC(C)F. The molecule has 0 saturated heterocycles. The topological polar surface area (TPSA) is 23.9 Å². The standard InChI is InChI=1S/C8H14FN/c1-7(6-10)4-3-5-8(2)9/h3-4,6-8,10H,5H2,1-2H3/b4-3-,10-6?. The van der Waals surface area contributed by atoms with Crippen LogP contribution in [0.5, 0.6) is 0 Å². The van der Waals surface area contributed by atoms with E-state index in [9.17, 15) is 4.39 Å². The van der Waals surface area contributed by atoms with E-state index in [0.717, 1.165) is 0 Å². The summed E-state index contributed by atoms with van der Waals surface area (Å²) in [5.41, 5.74) is 0. The Balaban J connectivity index is 3.45. The quantitative estimate of drug-likeness (QED) is 0.462. The Bertz CT molecular complexity index is 118. The van der Waals surface area contributed by atoms with Crippen LogP contribution >= 0.6 is 0 Å². The van der Waals surface area contributed by atoms with E-state index in [-0.39, 0.29) is 5.92 Å². The van der Waals surface area contributed by atoms with Crippen molar-refractivity contribution in [2.75, 3.05) is 0 Å². The van der Waals surface area contributed by atoms with Gasteiger partial charge in [0.05, 0.1) is 0 Å². The first-order chi connectivity index (χ1) is 4.66. The molecule has 0 aromatic carbocycles. The Labute approximate surface area is 61.5 Å². The van der Waals surface area contributed by atoms with Crippen LogP contribution in [0.3, 0.4) is 0 Å². The lowest BCUT2D eigenvalue weighted by molar-refractivity contribution is 0.365. The van der Waals surface area contributed by atoms with Gasteiger partial charge in [-0.3, -0.25) is 0 Å². The second kappa shape index (κ2) is 5.15. The maximum absolute atomic E-state index is 12.1. The van der Waals surface area contributed by atoms with Gasteiger partial charge in [0.15, 0.2) is 0 Å². The highest BCUT2D eigenvalue weighted by atomic mass is 19.1. The molecule has 2 heteroatoms. The molecule has 0 fully saturated rings. The lowest BCUT2D eigenvalue weighted by Gasteiger charge is -1.95. The van der Waals surface area contributed by atoms with Crippen molar-refractivity contribution in [3.63, 3.8) is 0 Å². The number of nitrogens with one attached hydrogen (secondary N) is 1. The third-order valence-corrected chi connectivity index (χ3v) is 1.16. The smallest absolute Gasteiger partial charge is 0.101 e. The number of halogens is 1. The van der Waals surface area contributed by atoms with Gasteiger partial charge in [0, 0.05) is 12.1 Å². The first kappa shape index (κ1) is 9.34. The van der Waals surface area contributed by atoms with Crippen molar-refractivity contribution < 1.29 is 4.39 Å². The molecule has 0 amide bonds. The molecule has 10 heavy (non-hydrogen) atoms. The van der Waals surface area contributed by atoms with Crippen molar-refractivity contribution in [3.8, 4) is 0 Å². The third kappa shape index (κ3) is 5.48. The first-order valence-corrected chi connectivity index (χ1v) is 3.48. The molecular formula is C8H14FN. The molecule has 1 nitrogen and oxygen atoms in total. The summed E-state index contributed by atoms with van der Waals surface area (Å²) >= 11 is 0. The minimum atomic E-state index is -0.769. The molecule has 0 aliphatic carbocycles. The maximum Gasteiger partial charge on any atom is 0.101 e. The van der Waals surface area contributed by atoms with Gasteiger partial charge in [-0.1, -0.05) is 19.1 Å². The zero-order chi connectivity index (χ0) is 7.98. The van der Waals surface area contributed by atoms with Crippen molar-refractivity contribution in [1.29, 1.82) is 5.41 Å². The van der Waals surface area contributed by atoms with Gasteiger partial charge in [-0.05, 0) is 13.3 Å². The number of rotatable bonds is 4. The molecule has 2 atom stereocenters. The summed E-state index contributed by atoms with van der Waals surface area (Å²) < 4.78 is 12.1. The summed E-state index contributed by atoms with van der Waals surface area (Å²) in [6.07, 6.45) is 4.63. The van der Waals surface area contributed by atoms with E-state index < -0.39 is 6.17 Å². The van der Waals surface area contributed by atoms with Crippen LogP contribution in [-0.4, -0.2) is 12.4 Å². The van der Waals surface area contributed by atoms with Crippen LogP contribution in [-0.2, 0) is 0 Å².